The van der Waals surface area contributed by atoms with E-state index in [1.165, 1.54) is 15.6 Å². The number of carbonyl (C=O) groups is 1. The van der Waals surface area contributed by atoms with Gasteiger partial charge < -0.3 is 0 Å². The van der Waals surface area contributed by atoms with Crippen molar-refractivity contribution in [3.63, 3.8) is 0 Å². The average molecular weight is 474 g/mol. The maximum Gasteiger partial charge on any atom is 0.260 e. The quantitative estimate of drug-likeness (QED) is 0.541. The van der Waals surface area contributed by atoms with Gasteiger partial charge in [-0.1, -0.05) is 25.3 Å². The number of anilines is 1. The van der Waals surface area contributed by atoms with Gasteiger partial charge >= 0.3 is 0 Å². The summed E-state index contributed by atoms with van der Waals surface area (Å²) in [7, 11) is -1.92. The maximum absolute atomic E-state index is 13.3. The predicted octanol–water partition coefficient (Wildman–Crippen LogP) is 4.81. The topological polar surface area (TPSA) is 70.6 Å². The number of thiazole rings is 1. The molecule has 32 heavy (non-hydrogen) atoms. The zero-order chi connectivity index (χ0) is 22.7. The summed E-state index contributed by atoms with van der Waals surface area (Å²) < 4.78 is 27.7. The molecule has 2 aliphatic rings. The Balaban J connectivity index is 1.54. The Morgan fingerprint density at radius 3 is 2.47 bits per heavy atom. The summed E-state index contributed by atoms with van der Waals surface area (Å²) in [5.41, 5.74) is 1.55. The first-order valence-electron chi connectivity index (χ1n) is 11.4. The first-order chi connectivity index (χ1) is 15.4. The van der Waals surface area contributed by atoms with Crippen LogP contribution < -0.4 is 4.90 Å². The number of benzene rings is 1. The summed E-state index contributed by atoms with van der Waals surface area (Å²) in [4.78, 5) is 21.1. The molecule has 2 aliphatic carbocycles. The number of amides is 1. The standard InChI is InChI=1S/C24H31N3O3S2/c1-3-17-27(24-25-21-11-7-8-12-22(21)31-24)23(28)18-13-15-20(16-14-18)32(29,30)26(2)19-9-5-4-6-10-19/h3,13-16,19H,1,4-12,17H2,2H3. The smallest absolute Gasteiger partial charge is 0.260 e. The molecule has 2 aromatic rings. The largest absolute Gasteiger partial charge is 0.280 e. The van der Waals surface area contributed by atoms with Crippen LogP contribution in [0.2, 0.25) is 0 Å². The van der Waals surface area contributed by atoms with Crippen LogP contribution in [0.25, 0.3) is 0 Å². The van der Waals surface area contributed by atoms with Gasteiger partial charge in [0, 0.05) is 30.1 Å². The van der Waals surface area contributed by atoms with E-state index in [4.69, 9.17) is 4.98 Å². The van der Waals surface area contributed by atoms with E-state index in [9.17, 15) is 13.2 Å². The third kappa shape index (κ3) is 4.67. The van der Waals surface area contributed by atoms with Gasteiger partial charge in [-0.15, -0.1) is 17.9 Å². The number of sulfonamides is 1. The van der Waals surface area contributed by atoms with Crippen LogP contribution >= 0.6 is 11.3 Å². The van der Waals surface area contributed by atoms with Crippen molar-refractivity contribution in [2.75, 3.05) is 18.5 Å². The lowest BCUT2D eigenvalue weighted by molar-refractivity contribution is 0.0989. The second kappa shape index (κ2) is 9.85. The number of aromatic nitrogens is 1. The van der Waals surface area contributed by atoms with Gasteiger partial charge in [-0.2, -0.15) is 4.31 Å². The average Bonchev–Trinajstić information content (AvgIpc) is 3.26. The zero-order valence-electron chi connectivity index (χ0n) is 18.6. The fraction of sp³-hybridized carbons (Fsp3) is 0.500. The van der Waals surface area contributed by atoms with E-state index >= 15 is 0 Å². The molecule has 0 bridgehead atoms. The van der Waals surface area contributed by atoms with Gasteiger partial charge in [0.25, 0.3) is 5.91 Å². The molecule has 0 radical (unpaired) electrons. The minimum absolute atomic E-state index is 0.0501. The molecule has 1 fully saturated rings. The van der Waals surface area contributed by atoms with Crippen LogP contribution in [0, 0.1) is 0 Å². The molecule has 0 spiro atoms. The maximum atomic E-state index is 13.3. The number of hydrogen-bond donors (Lipinski definition) is 0. The van der Waals surface area contributed by atoms with E-state index in [1.807, 2.05) is 0 Å². The van der Waals surface area contributed by atoms with Gasteiger partial charge in [0.05, 0.1) is 10.6 Å². The van der Waals surface area contributed by atoms with E-state index in [0.29, 0.717) is 17.2 Å². The van der Waals surface area contributed by atoms with Crippen molar-refractivity contribution in [2.45, 2.75) is 68.7 Å². The molecule has 1 saturated carbocycles. The molecule has 0 N–H and O–H groups in total. The van der Waals surface area contributed by atoms with E-state index in [-0.39, 0.29) is 16.8 Å². The Morgan fingerprint density at radius 1 is 1.12 bits per heavy atom. The molecule has 4 rings (SSSR count). The molecule has 0 saturated heterocycles. The molecular weight excluding hydrogens is 442 g/mol. The summed E-state index contributed by atoms with van der Waals surface area (Å²) in [5, 5.41) is 0.690. The molecule has 1 amide bonds. The molecule has 0 atom stereocenters. The van der Waals surface area contributed by atoms with Crippen molar-refractivity contribution >= 4 is 32.4 Å². The van der Waals surface area contributed by atoms with Crippen LogP contribution in [0.3, 0.4) is 0 Å². The number of fused-ring (bicyclic) bond motifs is 1. The van der Waals surface area contributed by atoms with Crippen LogP contribution in [0.4, 0.5) is 5.13 Å². The number of aryl methyl sites for hydroxylation is 2. The molecule has 1 aromatic carbocycles. The Bertz CT molecular complexity index is 1050. The summed E-state index contributed by atoms with van der Waals surface area (Å²) in [5.74, 6) is -0.194. The minimum atomic E-state index is -3.58. The number of rotatable bonds is 7. The van der Waals surface area contributed by atoms with Gasteiger partial charge in [0.1, 0.15) is 0 Å². The zero-order valence-corrected chi connectivity index (χ0v) is 20.3. The summed E-state index contributed by atoms with van der Waals surface area (Å²) >= 11 is 1.58. The predicted molar refractivity (Wildman–Crippen MR) is 129 cm³/mol. The van der Waals surface area contributed by atoms with Crippen LogP contribution in [0.15, 0.2) is 41.8 Å². The van der Waals surface area contributed by atoms with Gasteiger partial charge in [-0.05, 0) is 62.8 Å². The highest BCUT2D eigenvalue weighted by Gasteiger charge is 2.29. The summed E-state index contributed by atoms with van der Waals surface area (Å²) in [6.07, 6.45) is 11.1. The van der Waals surface area contributed by atoms with Crippen molar-refractivity contribution in [3.8, 4) is 0 Å². The first kappa shape index (κ1) is 23.1. The van der Waals surface area contributed by atoms with E-state index in [0.717, 1.165) is 57.1 Å². The third-order valence-electron chi connectivity index (χ3n) is 6.49. The SMILES string of the molecule is C=CCN(C(=O)c1ccc(S(=O)(=O)N(C)C2CCCCC2)cc1)c1nc2c(s1)CCCC2. The fourth-order valence-electron chi connectivity index (χ4n) is 4.56. The minimum Gasteiger partial charge on any atom is -0.280 e. The number of carbonyl (C=O) groups excluding carboxylic acids is 1. The highest BCUT2D eigenvalue weighted by atomic mass is 32.2. The number of hydrogen-bond acceptors (Lipinski definition) is 5. The van der Waals surface area contributed by atoms with Gasteiger partial charge in [-0.3, -0.25) is 9.69 Å². The van der Waals surface area contributed by atoms with Crippen LogP contribution in [0.1, 0.15) is 65.9 Å². The fourth-order valence-corrected chi connectivity index (χ4v) is 7.13. The van der Waals surface area contributed by atoms with E-state index in [1.54, 1.807) is 53.6 Å². The monoisotopic (exact) mass is 473 g/mol. The van der Waals surface area contributed by atoms with Crippen molar-refractivity contribution in [1.82, 2.24) is 9.29 Å². The Kier molecular flexibility index (Phi) is 7.12. The van der Waals surface area contributed by atoms with Crippen molar-refractivity contribution < 1.29 is 13.2 Å². The molecule has 0 unspecified atom stereocenters. The van der Waals surface area contributed by atoms with E-state index in [2.05, 4.69) is 6.58 Å². The second-order valence-corrected chi connectivity index (χ2v) is 11.7. The first-order valence-corrected chi connectivity index (χ1v) is 13.7. The summed E-state index contributed by atoms with van der Waals surface area (Å²) in [6, 6.07) is 6.34. The molecule has 6 nitrogen and oxygen atoms in total. The van der Waals surface area contributed by atoms with Crippen LogP contribution in [0.5, 0.6) is 0 Å². The van der Waals surface area contributed by atoms with Crippen LogP contribution in [-0.2, 0) is 22.9 Å². The molecule has 172 valence electrons. The normalized spacial score (nSPS) is 17.2. The Hall–Kier alpha value is -2.03. The molecule has 1 heterocycles. The molecule has 1 aromatic heterocycles. The molecular formula is C24H31N3O3S2. The third-order valence-corrected chi connectivity index (χ3v) is 9.59. The Labute approximate surface area is 195 Å². The van der Waals surface area contributed by atoms with E-state index < -0.39 is 10.0 Å². The van der Waals surface area contributed by atoms with Crippen molar-refractivity contribution in [2.24, 2.45) is 0 Å². The Morgan fingerprint density at radius 2 is 1.81 bits per heavy atom. The van der Waals surface area contributed by atoms with Gasteiger partial charge in [0.2, 0.25) is 10.0 Å². The van der Waals surface area contributed by atoms with Gasteiger partial charge in [-0.25, -0.2) is 13.4 Å². The van der Waals surface area contributed by atoms with Crippen molar-refractivity contribution in [1.29, 1.82) is 0 Å². The summed E-state index contributed by atoms with van der Waals surface area (Å²) in [6.45, 7) is 4.15. The molecule has 8 heteroatoms. The number of nitrogens with zero attached hydrogens (tertiary/aromatic N) is 3. The molecule has 0 aliphatic heterocycles. The lowest BCUT2D eigenvalue weighted by Gasteiger charge is -2.30. The highest BCUT2D eigenvalue weighted by molar-refractivity contribution is 7.89. The lowest BCUT2D eigenvalue weighted by Crippen LogP contribution is -2.38. The lowest BCUT2D eigenvalue weighted by atomic mass is 9.96. The van der Waals surface area contributed by atoms with Crippen LogP contribution in [-0.4, -0.2) is 43.2 Å². The highest BCUT2D eigenvalue weighted by Crippen LogP contribution is 2.33. The van der Waals surface area contributed by atoms with Crippen molar-refractivity contribution in [3.05, 3.63) is 53.1 Å². The van der Waals surface area contributed by atoms with Gasteiger partial charge in [0.15, 0.2) is 5.13 Å². The second-order valence-electron chi connectivity index (χ2n) is 8.62.